The Morgan fingerprint density at radius 3 is 2.24 bits per heavy atom. The number of halogens is 1. The van der Waals surface area contributed by atoms with Crippen LogP contribution in [-0.4, -0.2) is 23.0 Å². The summed E-state index contributed by atoms with van der Waals surface area (Å²) in [5.41, 5.74) is 2.63. The van der Waals surface area contributed by atoms with Gasteiger partial charge in [0, 0.05) is 23.8 Å². The van der Waals surface area contributed by atoms with Crippen LogP contribution in [0.1, 0.15) is 25.0 Å². The number of anilines is 1. The van der Waals surface area contributed by atoms with Crippen molar-refractivity contribution in [1.82, 2.24) is 9.88 Å². The monoisotopic (exact) mass is 347 g/mol. The number of nitrogens with zero attached hydrogens (tertiary/aromatic N) is 2. The van der Waals surface area contributed by atoms with E-state index < -0.39 is 0 Å². The molecule has 1 aromatic carbocycles. The molecule has 0 aliphatic rings. The predicted octanol–water partition coefficient (Wildman–Crippen LogP) is 4.30. The summed E-state index contributed by atoms with van der Waals surface area (Å²) in [6.45, 7) is 8.40. The Morgan fingerprint density at radius 1 is 1.00 bits per heavy atom. The third-order valence-electron chi connectivity index (χ3n) is 3.52. The quantitative estimate of drug-likeness (QED) is 0.809. The average molecular weight is 348 g/mol. The van der Waals surface area contributed by atoms with Crippen LogP contribution in [0.15, 0.2) is 47.1 Å². The molecule has 0 aliphatic heterocycles. The van der Waals surface area contributed by atoms with Gasteiger partial charge >= 0.3 is 0 Å². The van der Waals surface area contributed by atoms with Crippen LogP contribution >= 0.6 is 15.9 Å². The molecule has 0 bridgehead atoms. The molecule has 0 unspecified atom stereocenters. The normalized spacial score (nSPS) is 10.9. The zero-order valence-electron chi connectivity index (χ0n) is 12.6. The molecule has 112 valence electrons. The van der Waals surface area contributed by atoms with E-state index in [0.29, 0.717) is 0 Å². The fourth-order valence-electron chi connectivity index (χ4n) is 2.14. The zero-order valence-corrected chi connectivity index (χ0v) is 14.2. The number of aromatic nitrogens is 1. The van der Waals surface area contributed by atoms with Crippen LogP contribution in [0.5, 0.6) is 0 Å². The third kappa shape index (κ3) is 5.14. The van der Waals surface area contributed by atoms with E-state index in [0.717, 1.165) is 36.5 Å². The first kappa shape index (κ1) is 16.0. The second-order valence-electron chi connectivity index (χ2n) is 4.99. The van der Waals surface area contributed by atoms with Crippen LogP contribution in [0, 0.1) is 0 Å². The Balaban J connectivity index is 1.88. The molecule has 3 nitrogen and oxygen atoms in total. The van der Waals surface area contributed by atoms with Crippen LogP contribution in [0.4, 0.5) is 5.82 Å². The van der Waals surface area contributed by atoms with E-state index in [1.165, 1.54) is 11.1 Å². The molecule has 2 rings (SSSR count). The molecular weight excluding hydrogens is 326 g/mol. The van der Waals surface area contributed by atoms with E-state index in [9.17, 15) is 0 Å². The summed E-state index contributed by atoms with van der Waals surface area (Å²) in [6.07, 6.45) is 1.80. The molecule has 0 saturated carbocycles. The van der Waals surface area contributed by atoms with E-state index in [1.807, 2.05) is 12.1 Å². The van der Waals surface area contributed by atoms with Gasteiger partial charge in [0.15, 0.2) is 0 Å². The van der Waals surface area contributed by atoms with Gasteiger partial charge in [-0.15, -0.1) is 0 Å². The molecule has 1 aromatic heterocycles. The maximum absolute atomic E-state index is 4.31. The van der Waals surface area contributed by atoms with E-state index in [1.54, 1.807) is 6.20 Å². The van der Waals surface area contributed by atoms with Gasteiger partial charge in [-0.3, -0.25) is 4.90 Å². The van der Waals surface area contributed by atoms with Gasteiger partial charge < -0.3 is 5.32 Å². The molecule has 21 heavy (non-hydrogen) atoms. The fourth-order valence-corrected chi connectivity index (χ4v) is 2.38. The largest absolute Gasteiger partial charge is 0.366 e. The van der Waals surface area contributed by atoms with Crippen molar-refractivity contribution in [2.24, 2.45) is 0 Å². The van der Waals surface area contributed by atoms with Crippen molar-refractivity contribution in [1.29, 1.82) is 0 Å². The highest BCUT2D eigenvalue weighted by Gasteiger charge is 2.01. The van der Waals surface area contributed by atoms with Crippen LogP contribution in [0.2, 0.25) is 0 Å². The van der Waals surface area contributed by atoms with Gasteiger partial charge in [-0.2, -0.15) is 0 Å². The number of pyridine rings is 1. The molecule has 0 atom stereocenters. The lowest BCUT2D eigenvalue weighted by Gasteiger charge is -2.18. The first-order valence-corrected chi connectivity index (χ1v) is 8.16. The van der Waals surface area contributed by atoms with Gasteiger partial charge in [-0.05, 0) is 52.3 Å². The van der Waals surface area contributed by atoms with E-state index in [4.69, 9.17) is 0 Å². The highest BCUT2D eigenvalue weighted by Crippen LogP contribution is 2.12. The molecule has 1 N–H and O–H groups in total. The van der Waals surface area contributed by atoms with Gasteiger partial charge in [0.05, 0.1) is 0 Å². The van der Waals surface area contributed by atoms with E-state index in [2.05, 4.69) is 69.2 Å². The summed E-state index contributed by atoms with van der Waals surface area (Å²) in [4.78, 5) is 6.72. The topological polar surface area (TPSA) is 28.2 Å². The highest BCUT2D eigenvalue weighted by molar-refractivity contribution is 9.10. The smallest absolute Gasteiger partial charge is 0.126 e. The summed E-state index contributed by atoms with van der Waals surface area (Å²) in [6, 6.07) is 12.8. The van der Waals surface area contributed by atoms with Gasteiger partial charge in [-0.25, -0.2) is 4.98 Å². The summed E-state index contributed by atoms with van der Waals surface area (Å²) in [5.74, 6) is 0.894. The minimum absolute atomic E-state index is 0.792. The van der Waals surface area contributed by atoms with E-state index >= 15 is 0 Å². The molecule has 1 heterocycles. The first-order chi connectivity index (χ1) is 10.2. The molecule has 0 aliphatic carbocycles. The molecule has 0 amide bonds. The lowest BCUT2D eigenvalue weighted by atomic mass is 10.1. The second-order valence-corrected chi connectivity index (χ2v) is 5.91. The zero-order chi connectivity index (χ0) is 15.1. The average Bonchev–Trinajstić information content (AvgIpc) is 2.53. The Labute approximate surface area is 135 Å². The second kappa shape index (κ2) is 8.15. The van der Waals surface area contributed by atoms with Crippen LogP contribution in [-0.2, 0) is 13.1 Å². The lowest BCUT2D eigenvalue weighted by molar-refractivity contribution is 0.296. The molecule has 0 spiro atoms. The van der Waals surface area contributed by atoms with Crippen molar-refractivity contribution >= 4 is 21.7 Å². The molecular formula is C17H22BrN3. The summed E-state index contributed by atoms with van der Waals surface area (Å²) in [5, 5.41) is 3.33. The molecule has 2 aromatic rings. The highest BCUT2D eigenvalue weighted by atomic mass is 79.9. The van der Waals surface area contributed by atoms with Crippen molar-refractivity contribution in [3.8, 4) is 0 Å². The van der Waals surface area contributed by atoms with Gasteiger partial charge in [0.1, 0.15) is 5.82 Å². The maximum Gasteiger partial charge on any atom is 0.126 e. The van der Waals surface area contributed by atoms with Crippen LogP contribution < -0.4 is 5.32 Å². The number of hydrogen-bond acceptors (Lipinski definition) is 3. The Morgan fingerprint density at radius 2 is 1.67 bits per heavy atom. The van der Waals surface area contributed by atoms with Gasteiger partial charge in [0.25, 0.3) is 0 Å². The summed E-state index contributed by atoms with van der Waals surface area (Å²) < 4.78 is 0.994. The number of hydrogen-bond donors (Lipinski definition) is 1. The summed E-state index contributed by atoms with van der Waals surface area (Å²) >= 11 is 3.39. The van der Waals surface area contributed by atoms with Crippen molar-refractivity contribution in [2.45, 2.75) is 26.9 Å². The predicted molar refractivity (Wildman–Crippen MR) is 92.3 cm³/mol. The maximum atomic E-state index is 4.31. The van der Waals surface area contributed by atoms with Crippen molar-refractivity contribution in [3.05, 3.63) is 58.2 Å². The molecule has 4 heteroatoms. The lowest BCUT2D eigenvalue weighted by Crippen LogP contribution is -2.22. The van der Waals surface area contributed by atoms with Gasteiger partial charge in [-0.1, -0.05) is 38.1 Å². The minimum Gasteiger partial charge on any atom is -0.366 e. The summed E-state index contributed by atoms with van der Waals surface area (Å²) in [7, 11) is 0. The van der Waals surface area contributed by atoms with Crippen molar-refractivity contribution in [2.75, 3.05) is 18.4 Å². The number of benzene rings is 1. The van der Waals surface area contributed by atoms with Crippen LogP contribution in [0.25, 0.3) is 0 Å². The molecule has 0 saturated heterocycles. The Bertz CT molecular complexity index is 533. The van der Waals surface area contributed by atoms with Crippen molar-refractivity contribution < 1.29 is 0 Å². The van der Waals surface area contributed by atoms with Crippen LogP contribution in [0.3, 0.4) is 0 Å². The molecule has 0 fully saturated rings. The standard InChI is InChI=1S/C17H22BrN3/c1-3-21(4-2)13-15-7-5-14(6-8-15)11-19-17-10-9-16(18)12-20-17/h5-10,12H,3-4,11,13H2,1-2H3,(H,19,20). The fraction of sp³-hybridized carbons (Fsp3) is 0.353. The Hall–Kier alpha value is -1.39. The SMILES string of the molecule is CCN(CC)Cc1ccc(CNc2ccc(Br)cn2)cc1. The van der Waals surface area contributed by atoms with Crippen molar-refractivity contribution in [3.63, 3.8) is 0 Å². The first-order valence-electron chi connectivity index (χ1n) is 7.37. The van der Waals surface area contributed by atoms with Gasteiger partial charge in [0.2, 0.25) is 0 Å². The molecule has 0 radical (unpaired) electrons. The Kier molecular flexibility index (Phi) is 6.21. The number of rotatable bonds is 7. The third-order valence-corrected chi connectivity index (χ3v) is 3.99. The van der Waals surface area contributed by atoms with E-state index in [-0.39, 0.29) is 0 Å². The number of nitrogens with one attached hydrogen (secondary N) is 1. The minimum atomic E-state index is 0.792.